The first-order valence-corrected chi connectivity index (χ1v) is 6.14. The van der Waals surface area contributed by atoms with E-state index in [1.807, 2.05) is 6.07 Å². The Morgan fingerprint density at radius 1 is 1.42 bits per heavy atom. The van der Waals surface area contributed by atoms with E-state index < -0.39 is 11.8 Å². The van der Waals surface area contributed by atoms with Gasteiger partial charge in [-0.3, -0.25) is 0 Å². The minimum absolute atomic E-state index is 0.161. The Hall–Kier alpha value is -1.69. The Bertz CT molecular complexity index is 468. The van der Waals surface area contributed by atoms with Crippen LogP contribution in [0.1, 0.15) is 18.9 Å². The molecule has 0 fully saturated rings. The zero-order chi connectivity index (χ0) is 13.7. The van der Waals surface area contributed by atoms with Crippen LogP contribution in [-0.4, -0.2) is 24.4 Å². The van der Waals surface area contributed by atoms with E-state index >= 15 is 0 Å². The number of ether oxygens (including phenoxy) is 2. The van der Waals surface area contributed by atoms with Crippen molar-refractivity contribution in [3.63, 3.8) is 0 Å². The molecule has 1 heterocycles. The fourth-order valence-corrected chi connectivity index (χ4v) is 2.07. The van der Waals surface area contributed by atoms with Crippen LogP contribution in [0.5, 0.6) is 0 Å². The fraction of sp³-hybridized carbons (Fsp3) is 0.357. The maximum absolute atomic E-state index is 12.0. The highest BCUT2D eigenvalue weighted by molar-refractivity contribution is 5.90. The Balaban J connectivity index is 2.44. The van der Waals surface area contributed by atoms with Gasteiger partial charge in [-0.15, -0.1) is 0 Å². The van der Waals surface area contributed by atoms with Crippen LogP contribution < -0.4 is 0 Å². The molecule has 0 saturated carbocycles. The summed E-state index contributed by atoms with van der Waals surface area (Å²) in [6, 6.07) is 8.81. The molecule has 1 atom stereocenters. The van der Waals surface area contributed by atoms with Gasteiger partial charge in [0.05, 0.1) is 18.8 Å². The third kappa shape index (κ3) is 2.53. The van der Waals surface area contributed by atoms with Crippen molar-refractivity contribution in [2.24, 2.45) is 0 Å². The first-order valence-electron chi connectivity index (χ1n) is 6.14. The third-order valence-electron chi connectivity index (χ3n) is 2.90. The van der Waals surface area contributed by atoms with E-state index in [1.165, 1.54) is 0 Å². The summed E-state index contributed by atoms with van der Waals surface area (Å²) in [5, 5.41) is 9.31. The molecule has 5 nitrogen and oxygen atoms in total. The van der Waals surface area contributed by atoms with Crippen LogP contribution in [0.2, 0.25) is 0 Å². The summed E-state index contributed by atoms with van der Waals surface area (Å²) in [6.07, 6.45) is 2.23. The second-order valence-electron chi connectivity index (χ2n) is 4.05. The van der Waals surface area contributed by atoms with Crippen LogP contribution in [0.25, 0.3) is 0 Å². The van der Waals surface area contributed by atoms with Gasteiger partial charge in [0.15, 0.2) is 0 Å². The SMILES string of the molecule is CCOC(=O)C1=CCCOC1(OO)c1ccccc1. The summed E-state index contributed by atoms with van der Waals surface area (Å²) < 4.78 is 10.5. The van der Waals surface area contributed by atoms with E-state index in [-0.39, 0.29) is 12.2 Å². The summed E-state index contributed by atoms with van der Waals surface area (Å²) in [5.74, 6) is -2.16. The van der Waals surface area contributed by atoms with Gasteiger partial charge in [0.25, 0.3) is 5.79 Å². The third-order valence-corrected chi connectivity index (χ3v) is 2.90. The molecule has 0 saturated heterocycles. The molecule has 1 aromatic rings. The maximum atomic E-state index is 12.0. The highest BCUT2D eigenvalue weighted by Gasteiger charge is 2.45. The van der Waals surface area contributed by atoms with Gasteiger partial charge in [-0.25, -0.2) is 10.1 Å². The van der Waals surface area contributed by atoms with Crippen LogP contribution in [0, 0.1) is 0 Å². The quantitative estimate of drug-likeness (QED) is 0.513. The molecule has 102 valence electrons. The second kappa shape index (κ2) is 5.97. The lowest BCUT2D eigenvalue weighted by Crippen LogP contribution is -2.40. The number of carbonyl (C=O) groups excluding carboxylic acids is 1. The summed E-state index contributed by atoms with van der Waals surface area (Å²) in [7, 11) is 0. The van der Waals surface area contributed by atoms with Crippen LogP contribution in [0.3, 0.4) is 0 Å². The number of rotatable bonds is 4. The van der Waals surface area contributed by atoms with E-state index in [0.717, 1.165) is 0 Å². The maximum Gasteiger partial charge on any atom is 0.339 e. The number of carbonyl (C=O) groups is 1. The lowest BCUT2D eigenvalue weighted by molar-refractivity contribution is -0.398. The van der Waals surface area contributed by atoms with Crippen LogP contribution in [0.15, 0.2) is 42.0 Å². The van der Waals surface area contributed by atoms with E-state index in [2.05, 4.69) is 4.89 Å². The summed E-state index contributed by atoms with van der Waals surface area (Å²) in [4.78, 5) is 16.5. The topological polar surface area (TPSA) is 65.0 Å². The molecule has 0 aromatic heterocycles. The smallest absolute Gasteiger partial charge is 0.339 e. The van der Waals surface area contributed by atoms with Crippen LogP contribution >= 0.6 is 0 Å². The van der Waals surface area contributed by atoms with Crippen molar-refractivity contribution < 1.29 is 24.4 Å². The lowest BCUT2D eigenvalue weighted by Gasteiger charge is -2.34. The van der Waals surface area contributed by atoms with E-state index in [4.69, 9.17) is 9.47 Å². The molecule has 1 unspecified atom stereocenters. The Morgan fingerprint density at radius 3 is 2.79 bits per heavy atom. The van der Waals surface area contributed by atoms with Gasteiger partial charge >= 0.3 is 5.97 Å². The molecule has 1 aliphatic rings. The number of benzene rings is 1. The summed E-state index contributed by atoms with van der Waals surface area (Å²) >= 11 is 0. The van der Waals surface area contributed by atoms with Crippen molar-refractivity contribution in [2.45, 2.75) is 19.1 Å². The molecule has 0 spiro atoms. The van der Waals surface area contributed by atoms with Gasteiger partial charge in [-0.2, -0.15) is 4.89 Å². The molecule has 5 heteroatoms. The van der Waals surface area contributed by atoms with Crippen LogP contribution in [-0.2, 0) is 24.9 Å². The number of hydrogen-bond acceptors (Lipinski definition) is 5. The van der Waals surface area contributed by atoms with E-state index in [1.54, 1.807) is 37.3 Å². The lowest BCUT2D eigenvalue weighted by atomic mass is 9.94. The van der Waals surface area contributed by atoms with Gasteiger partial charge in [0, 0.05) is 5.56 Å². The average molecular weight is 264 g/mol. The number of esters is 1. The normalized spacial score (nSPS) is 22.7. The van der Waals surface area contributed by atoms with Gasteiger partial charge in [-0.05, 0) is 13.3 Å². The highest BCUT2D eigenvalue weighted by Crippen LogP contribution is 2.38. The minimum atomic E-state index is -1.61. The molecule has 0 bridgehead atoms. The molecule has 19 heavy (non-hydrogen) atoms. The molecule has 1 aromatic carbocycles. The Kier molecular flexibility index (Phi) is 4.31. The van der Waals surface area contributed by atoms with Gasteiger partial charge in [-0.1, -0.05) is 36.4 Å². The van der Waals surface area contributed by atoms with Crippen molar-refractivity contribution in [3.05, 3.63) is 47.5 Å². The minimum Gasteiger partial charge on any atom is -0.462 e. The Labute approximate surface area is 111 Å². The first-order chi connectivity index (χ1) is 9.24. The van der Waals surface area contributed by atoms with Crippen molar-refractivity contribution in [1.29, 1.82) is 0 Å². The first kappa shape index (κ1) is 13.7. The van der Waals surface area contributed by atoms with Crippen molar-refractivity contribution in [2.75, 3.05) is 13.2 Å². The van der Waals surface area contributed by atoms with Crippen molar-refractivity contribution in [3.8, 4) is 0 Å². The molecular weight excluding hydrogens is 248 g/mol. The van der Waals surface area contributed by atoms with Gasteiger partial charge in [0.1, 0.15) is 0 Å². The van der Waals surface area contributed by atoms with E-state index in [0.29, 0.717) is 18.6 Å². The standard InChI is InChI=1S/C14H16O5/c1-2-17-13(15)12-9-6-10-18-14(12,19-16)11-7-4-3-5-8-11/h3-5,7-9,16H,2,6,10H2,1H3. The second-order valence-corrected chi connectivity index (χ2v) is 4.05. The zero-order valence-electron chi connectivity index (χ0n) is 10.7. The monoisotopic (exact) mass is 264 g/mol. The van der Waals surface area contributed by atoms with Crippen molar-refractivity contribution in [1.82, 2.24) is 0 Å². The molecule has 0 amide bonds. The van der Waals surface area contributed by atoms with Gasteiger partial charge in [0.2, 0.25) is 0 Å². The molecule has 1 aliphatic heterocycles. The molecule has 2 rings (SSSR count). The zero-order valence-corrected chi connectivity index (χ0v) is 10.7. The Morgan fingerprint density at radius 2 is 2.16 bits per heavy atom. The summed E-state index contributed by atoms with van der Waals surface area (Å²) in [5.41, 5.74) is 0.700. The molecule has 0 aliphatic carbocycles. The fourth-order valence-electron chi connectivity index (χ4n) is 2.07. The molecule has 0 radical (unpaired) electrons. The van der Waals surface area contributed by atoms with Crippen LogP contribution in [0.4, 0.5) is 0 Å². The predicted octanol–water partition coefficient (Wildman–Crippen LogP) is 2.24. The molecule has 1 N–H and O–H groups in total. The number of hydrogen-bond donors (Lipinski definition) is 1. The highest BCUT2D eigenvalue weighted by atomic mass is 17.1. The molecular formula is C14H16O5. The van der Waals surface area contributed by atoms with Gasteiger partial charge < -0.3 is 9.47 Å². The predicted molar refractivity (Wildman–Crippen MR) is 67.1 cm³/mol. The largest absolute Gasteiger partial charge is 0.462 e. The summed E-state index contributed by atoms with van der Waals surface area (Å²) in [6.45, 7) is 2.30. The van der Waals surface area contributed by atoms with Crippen molar-refractivity contribution >= 4 is 5.97 Å². The average Bonchev–Trinajstić information content (AvgIpc) is 2.48. The van der Waals surface area contributed by atoms with E-state index in [9.17, 15) is 10.1 Å².